The second-order valence-electron chi connectivity index (χ2n) is 4.29. The van der Waals surface area contributed by atoms with Crippen LogP contribution in [0.25, 0.3) is 0 Å². The van der Waals surface area contributed by atoms with Gasteiger partial charge in [-0.25, -0.2) is 0 Å². The Bertz CT molecular complexity index is 362. The highest BCUT2D eigenvalue weighted by atomic mass is 32.2. The SMILES string of the molecule is CC(C)Sc1ccc(CCC(N)C(=O)O)cc1. The van der Waals surface area contributed by atoms with Gasteiger partial charge in [0.05, 0.1) is 0 Å². The van der Waals surface area contributed by atoms with Crippen molar-refractivity contribution in [1.82, 2.24) is 0 Å². The summed E-state index contributed by atoms with van der Waals surface area (Å²) in [6, 6.07) is 7.47. The maximum Gasteiger partial charge on any atom is 0.320 e. The van der Waals surface area contributed by atoms with Gasteiger partial charge in [0.15, 0.2) is 0 Å². The molecule has 0 aliphatic carbocycles. The van der Waals surface area contributed by atoms with Crippen molar-refractivity contribution in [2.45, 2.75) is 42.9 Å². The molecule has 0 saturated heterocycles. The van der Waals surface area contributed by atoms with Crippen LogP contribution < -0.4 is 5.73 Å². The van der Waals surface area contributed by atoms with Gasteiger partial charge in [0, 0.05) is 10.1 Å². The molecular weight excluding hydrogens is 234 g/mol. The zero-order chi connectivity index (χ0) is 12.8. The van der Waals surface area contributed by atoms with Crippen LogP contribution in [0.15, 0.2) is 29.2 Å². The van der Waals surface area contributed by atoms with E-state index in [-0.39, 0.29) is 0 Å². The Morgan fingerprint density at radius 2 is 1.94 bits per heavy atom. The van der Waals surface area contributed by atoms with E-state index in [1.54, 1.807) is 0 Å². The minimum Gasteiger partial charge on any atom is -0.480 e. The molecule has 0 aromatic heterocycles. The first-order valence-corrected chi connectivity index (χ1v) is 6.61. The maximum absolute atomic E-state index is 10.6. The van der Waals surface area contributed by atoms with Gasteiger partial charge in [-0.3, -0.25) is 4.79 Å². The van der Waals surface area contributed by atoms with Gasteiger partial charge in [0.25, 0.3) is 0 Å². The second kappa shape index (κ2) is 6.67. The summed E-state index contributed by atoms with van der Waals surface area (Å²) in [5.41, 5.74) is 6.59. The van der Waals surface area contributed by atoms with Crippen LogP contribution in [0.1, 0.15) is 25.8 Å². The third-order valence-electron chi connectivity index (χ3n) is 2.36. The van der Waals surface area contributed by atoms with Gasteiger partial charge in [-0.15, -0.1) is 11.8 Å². The smallest absolute Gasteiger partial charge is 0.320 e. The molecule has 1 rings (SSSR count). The van der Waals surface area contributed by atoms with E-state index in [1.165, 1.54) is 4.90 Å². The molecule has 0 heterocycles. The number of hydrogen-bond acceptors (Lipinski definition) is 3. The van der Waals surface area contributed by atoms with Crippen molar-refractivity contribution >= 4 is 17.7 Å². The predicted molar refractivity (Wildman–Crippen MR) is 71.4 cm³/mol. The van der Waals surface area contributed by atoms with Crippen molar-refractivity contribution in [2.75, 3.05) is 0 Å². The molecule has 94 valence electrons. The number of aryl methyl sites for hydroxylation is 1. The zero-order valence-electron chi connectivity index (χ0n) is 10.2. The highest BCUT2D eigenvalue weighted by Crippen LogP contribution is 2.23. The molecule has 1 unspecified atom stereocenters. The summed E-state index contributed by atoms with van der Waals surface area (Å²) in [7, 11) is 0. The van der Waals surface area contributed by atoms with Crippen molar-refractivity contribution in [2.24, 2.45) is 5.73 Å². The van der Waals surface area contributed by atoms with E-state index >= 15 is 0 Å². The number of aliphatic carboxylic acids is 1. The lowest BCUT2D eigenvalue weighted by Gasteiger charge is -2.08. The molecule has 3 N–H and O–H groups in total. The molecule has 0 fully saturated rings. The van der Waals surface area contributed by atoms with Crippen LogP contribution in [0.2, 0.25) is 0 Å². The summed E-state index contributed by atoms with van der Waals surface area (Å²) in [6.45, 7) is 4.31. The highest BCUT2D eigenvalue weighted by molar-refractivity contribution is 7.99. The molecule has 1 aromatic rings. The van der Waals surface area contributed by atoms with E-state index in [4.69, 9.17) is 10.8 Å². The van der Waals surface area contributed by atoms with Crippen LogP contribution in [0.5, 0.6) is 0 Å². The third-order valence-corrected chi connectivity index (χ3v) is 3.37. The number of rotatable bonds is 6. The number of carboxylic acid groups (broad SMARTS) is 1. The van der Waals surface area contributed by atoms with Crippen LogP contribution in [-0.2, 0) is 11.2 Å². The predicted octanol–water partition coefficient (Wildman–Crippen LogP) is 2.53. The summed E-state index contributed by atoms with van der Waals surface area (Å²) >= 11 is 1.82. The highest BCUT2D eigenvalue weighted by Gasteiger charge is 2.10. The van der Waals surface area contributed by atoms with Crippen molar-refractivity contribution in [3.05, 3.63) is 29.8 Å². The molecular formula is C13H19NO2S. The van der Waals surface area contributed by atoms with Gasteiger partial charge in [0.1, 0.15) is 6.04 Å². The average Bonchev–Trinajstić information content (AvgIpc) is 2.26. The van der Waals surface area contributed by atoms with E-state index in [0.717, 1.165) is 5.56 Å². The summed E-state index contributed by atoms with van der Waals surface area (Å²) in [6.07, 6.45) is 1.19. The quantitative estimate of drug-likeness (QED) is 0.765. The zero-order valence-corrected chi connectivity index (χ0v) is 11.0. The molecule has 0 saturated carbocycles. The molecule has 0 aliphatic heterocycles. The van der Waals surface area contributed by atoms with Gasteiger partial charge in [-0.2, -0.15) is 0 Å². The number of hydrogen-bond donors (Lipinski definition) is 2. The molecule has 0 aliphatic rings. The van der Waals surface area contributed by atoms with Crippen LogP contribution in [0.3, 0.4) is 0 Å². The van der Waals surface area contributed by atoms with E-state index in [2.05, 4.69) is 26.0 Å². The van der Waals surface area contributed by atoms with Crippen molar-refractivity contribution in [1.29, 1.82) is 0 Å². The Labute approximate surface area is 106 Å². The first kappa shape index (κ1) is 14.1. The Balaban J connectivity index is 2.48. The Hall–Kier alpha value is -1.00. The third kappa shape index (κ3) is 5.24. The molecule has 3 nitrogen and oxygen atoms in total. The summed E-state index contributed by atoms with van der Waals surface area (Å²) in [5.74, 6) is -0.933. The minimum atomic E-state index is -0.933. The van der Waals surface area contributed by atoms with Crippen molar-refractivity contribution in [3.8, 4) is 0 Å². The second-order valence-corrected chi connectivity index (χ2v) is 5.94. The van der Waals surface area contributed by atoms with E-state index < -0.39 is 12.0 Å². The summed E-state index contributed by atoms with van der Waals surface area (Å²) in [4.78, 5) is 11.8. The van der Waals surface area contributed by atoms with Gasteiger partial charge < -0.3 is 10.8 Å². The Kier molecular flexibility index (Phi) is 5.51. The fourth-order valence-electron chi connectivity index (χ4n) is 1.45. The van der Waals surface area contributed by atoms with Crippen LogP contribution >= 0.6 is 11.8 Å². The summed E-state index contributed by atoms with van der Waals surface area (Å²) in [5, 5.41) is 9.25. The number of benzene rings is 1. The lowest BCUT2D eigenvalue weighted by molar-refractivity contribution is -0.138. The fourth-order valence-corrected chi connectivity index (χ4v) is 2.29. The van der Waals surface area contributed by atoms with Crippen LogP contribution in [-0.4, -0.2) is 22.4 Å². The van der Waals surface area contributed by atoms with Crippen LogP contribution in [0.4, 0.5) is 0 Å². The lowest BCUT2D eigenvalue weighted by atomic mass is 10.1. The van der Waals surface area contributed by atoms with Gasteiger partial charge in [-0.05, 0) is 30.5 Å². The minimum absolute atomic E-state index is 0.478. The fraction of sp³-hybridized carbons (Fsp3) is 0.462. The largest absolute Gasteiger partial charge is 0.480 e. The maximum atomic E-state index is 10.6. The van der Waals surface area contributed by atoms with Gasteiger partial charge >= 0.3 is 5.97 Å². The average molecular weight is 253 g/mol. The van der Waals surface area contributed by atoms with E-state index in [1.807, 2.05) is 23.9 Å². The number of carbonyl (C=O) groups is 1. The number of nitrogens with two attached hydrogens (primary N) is 1. The number of thioether (sulfide) groups is 1. The first-order valence-electron chi connectivity index (χ1n) is 5.73. The normalized spacial score (nSPS) is 12.7. The molecule has 0 amide bonds. The number of carboxylic acids is 1. The molecule has 4 heteroatoms. The lowest BCUT2D eigenvalue weighted by Crippen LogP contribution is -2.30. The van der Waals surface area contributed by atoms with E-state index in [9.17, 15) is 4.79 Å². The molecule has 0 bridgehead atoms. The Morgan fingerprint density at radius 3 is 2.41 bits per heavy atom. The molecule has 17 heavy (non-hydrogen) atoms. The monoisotopic (exact) mass is 253 g/mol. The van der Waals surface area contributed by atoms with Gasteiger partial charge in [-0.1, -0.05) is 26.0 Å². The topological polar surface area (TPSA) is 63.3 Å². The van der Waals surface area contributed by atoms with Crippen molar-refractivity contribution < 1.29 is 9.90 Å². The van der Waals surface area contributed by atoms with Crippen molar-refractivity contribution in [3.63, 3.8) is 0 Å². The Morgan fingerprint density at radius 1 is 1.35 bits per heavy atom. The first-order chi connectivity index (χ1) is 7.99. The molecule has 1 atom stereocenters. The van der Waals surface area contributed by atoms with Gasteiger partial charge in [0.2, 0.25) is 0 Å². The molecule has 0 radical (unpaired) electrons. The van der Waals surface area contributed by atoms with Crippen LogP contribution in [0, 0.1) is 0 Å². The summed E-state index contributed by atoms with van der Waals surface area (Å²) < 4.78 is 0. The molecule has 0 spiro atoms. The molecule has 1 aromatic carbocycles. The standard InChI is InChI=1S/C13H19NO2S/c1-9(2)17-11-6-3-10(4-7-11)5-8-12(14)13(15)16/h3-4,6-7,9,12H,5,8,14H2,1-2H3,(H,15,16). The van der Waals surface area contributed by atoms with E-state index in [0.29, 0.717) is 18.1 Å².